The maximum absolute atomic E-state index is 15.3. The maximum atomic E-state index is 15.3. The van der Waals surface area contributed by atoms with Crippen LogP contribution in [-0.2, 0) is 26.9 Å². The molecule has 238 valence electrons. The average Bonchev–Trinajstić information content (AvgIpc) is 3.83. The fourth-order valence-corrected chi connectivity index (χ4v) is 7.97. The number of nitrogens with zero attached hydrogens (tertiary/aromatic N) is 4. The molecule has 2 atom stereocenters. The fourth-order valence-electron chi connectivity index (χ4n) is 6.51. The molecule has 0 spiro atoms. The van der Waals surface area contributed by atoms with E-state index in [9.17, 15) is 18.8 Å². The number of carbonyl (C=O) groups is 1. The number of oxazole rings is 1. The summed E-state index contributed by atoms with van der Waals surface area (Å²) in [6.07, 6.45) is 4.27. The van der Waals surface area contributed by atoms with E-state index < -0.39 is 27.5 Å². The number of anilines is 1. The van der Waals surface area contributed by atoms with Crippen molar-refractivity contribution in [2.45, 2.75) is 35.9 Å². The third-order valence-electron chi connectivity index (χ3n) is 8.52. The molecule has 0 saturated carbocycles. The van der Waals surface area contributed by atoms with E-state index >= 15 is 4.79 Å². The number of sulfonamides is 1. The minimum absolute atomic E-state index is 0.0273. The van der Waals surface area contributed by atoms with Crippen LogP contribution in [0.4, 0.5) is 5.69 Å². The van der Waals surface area contributed by atoms with Crippen molar-refractivity contribution >= 4 is 21.6 Å². The van der Waals surface area contributed by atoms with Crippen LogP contribution >= 0.6 is 0 Å². The molecule has 12 nitrogen and oxygen atoms in total. The van der Waals surface area contributed by atoms with E-state index in [1.807, 2.05) is 11.0 Å². The van der Waals surface area contributed by atoms with Gasteiger partial charge in [0.05, 0.1) is 55.3 Å². The molecular weight excluding hydrogens is 610 g/mol. The molecule has 2 aliphatic rings. The lowest BCUT2D eigenvalue weighted by molar-refractivity contribution is -0.127. The van der Waals surface area contributed by atoms with Gasteiger partial charge in [0.25, 0.3) is 15.9 Å². The van der Waals surface area contributed by atoms with Gasteiger partial charge < -0.3 is 24.3 Å². The molecule has 1 saturated heterocycles. The summed E-state index contributed by atoms with van der Waals surface area (Å²) in [4.78, 5) is 21.6. The number of methoxy groups -OCH3 is 2. The Kier molecular flexibility index (Phi) is 8.54. The van der Waals surface area contributed by atoms with E-state index in [0.717, 1.165) is 9.87 Å². The van der Waals surface area contributed by atoms with Crippen molar-refractivity contribution < 1.29 is 32.2 Å². The first kappa shape index (κ1) is 31.3. The number of fused-ring (bicyclic) bond motifs is 1. The van der Waals surface area contributed by atoms with Gasteiger partial charge in [0.1, 0.15) is 17.8 Å². The summed E-state index contributed by atoms with van der Waals surface area (Å²) >= 11 is 0. The Morgan fingerprint density at radius 2 is 1.91 bits per heavy atom. The second-order valence-corrected chi connectivity index (χ2v) is 12.7. The van der Waals surface area contributed by atoms with Crippen LogP contribution < -0.4 is 19.1 Å². The molecule has 13 heteroatoms. The summed E-state index contributed by atoms with van der Waals surface area (Å²) in [5.74, 6) is 0.468. The van der Waals surface area contributed by atoms with Crippen LogP contribution in [0.3, 0.4) is 0 Å². The lowest BCUT2D eigenvalue weighted by Gasteiger charge is -2.41. The van der Waals surface area contributed by atoms with Gasteiger partial charge in [0, 0.05) is 30.8 Å². The molecular formula is C33H33N5O7S. The molecule has 6 rings (SSSR count). The van der Waals surface area contributed by atoms with Gasteiger partial charge in [-0.1, -0.05) is 12.1 Å². The first-order chi connectivity index (χ1) is 22.3. The summed E-state index contributed by atoms with van der Waals surface area (Å²) in [5.41, 5.74) is 0.211. The van der Waals surface area contributed by atoms with E-state index in [0.29, 0.717) is 61.0 Å². The molecule has 4 aromatic rings. The summed E-state index contributed by atoms with van der Waals surface area (Å²) < 4.78 is 46.6. The highest BCUT2D eigenvalue weighted by Crippen LogP contribution is 2.56. The normalized spacial score (nSPS) is 19.7. The number of hydrogen-bond acceptors (Lipinski definition) is 11. The van der Waals surface area contributed by atoms with Crippen molar-refractivity contribution in [3.63, 3.8) is 0 Å². The van der Waals surface area contributed by atoms with Crippen LogP contribution in [0.1, 0.15) is 47.0 Å². The number of nitrogens with one attached hydrogen (secondary N) is 1. The zero-order valence-corrected chi connectivity index (χ0v) is 26.2. The number of aliphatic hydroxyl groups excluding tert-OH is 1. The Hall–Kier alpha value is -4.74. The van der Waals surface area contributed by atoms with Crippen molar-refractivity contribution in [1.29, 1.82) is 5.26 Å². The van der Waals surface area contributed by atoms with Gasteiger partial charge in [0.15, 0.2) is 5.54 Å². The highest BCUT2D eigenvalue weighted by atomic mass is 32.2. The number of rotatable bonds is 11. The average molecular weight is 644 g/mol. The predicted molar refractivity (Wildman–Crippen MR) is 167 cm³/mol. The Balaban J connectivity index is 1.63. The molecule has 2 N–H and O–H groups in total. The topological polar surface area (TPSA) is 158 Å². The largest absolute Gasteiger partial charge is 0.497 e. The van der Waals surface area contributed by atoms with Gasteiger partial charge in [-0.2, -0.15) is 5.26 Å². The van der Waals surface area contributed by atoms with Crippen molar-refractivity contribution in [2.24, 2.45) is 0 Å². The Bertz CT molecular complexity index is 1890. The molecule has 0 aliphatic carbocycles. The molecule has 0 radical (unpaired) electrons. The third-order valence-corrected chi connectivity index (χ3v) is 10.2. The molecule has 1 amide bonds. The molecule has 0 bridgehead atoms. The first-order valence-electron chi connectivity index (χ1n) is 14.7. The molecule has 2 aliphatic heterocycles. The standard InChI is InChI=1S/C33H33N5O7S/c1-43-24-7-9-25(10-8-24)46(41,42)38-28-12-6-22(20-34)18-27(28)33(32(38)40,37-15-3-4-29(37)31-36-14-17-45-31)26-11-5-23(19-30(26)44-2)21-35-13-16-39/h5-12,14,17-19,29,35,39H,3-4,13,15-16,21H2,1-2H3/t29-,33?/m0/s1. The molecule has 1 aromatic heterocycles. The predicted octanol–water partition coefficient (Wildman–Crippen LogP) is 3.46. The third kappa shape index (κ3) is 5.00. The highest BCUT2D eigenvalue weighted by Gasteiger charge is 2.62. The number of benzene rings is 3. The smallest absolute Gasteiger partial charge is 0.271 e. The van der Waals surface area contributed by atoms with E-state index in [1.165, 1.54) is 63.1 Å². The van der Waals surface area contributed by atoms with Gasteiger partial charge in [-0.3, -0.25) is 9.69 Å². The summed E-state index contributed by atoms with van der Waals surface area (Å²) in [5, 5.41) is 22.3. The lowest BCUT2D eigenvalue weighted by Crippen LogP contribution is -2.54. The van der Waals surface area contributed by atoms with Crippen molar-refractivity contribution in [1.82, 2.24) is 15.2 Å². The first-order valence-corrected chi connectivity index (χ1v) is 16.2. The summed E-state index contributed by atoms with van der Waals surface area (Å²) in [6, 6.07) is 17.5. The number of aliphatic hydroxyl groups is 1. The number of likely N-dealkylation sites (tertiary alicyclic amines) is 1. The summed E-state index contributed by atoms with van der Waals surface area (Å²) in [7, 11) is -1.49. The minimum atomic E-state index is -4.46. The second kappa shape index (κ2) is 12.6. The Morgan fingerprint density at radius 3 is 2.59 bits per heavy atom. The quantitative estimate of drug-likeness (QED) is 0.231. The number of carbonyl (C=O) groups excluding carboxylic acids is 1. The second-order valence-electron chi connectivity index (χ2n) is 11.0. The van der Waals surface area contributed by atoms with Gasteiger partial charge in [-0.15, -0.1) is 0 Å². The Morgan fingerprint density at radius 1 is 1.11 bits per heavy atom. The van der Waals surface area contributed by atoms with Crippen LogP contribution in [0.2, 0.25) is 0 Å². The number of nitriles is 1. The zero-order valence-electron chi connectivity index (χ0n) is 25.3. The SMILES string of the molecule is COc1ccc(S(=O)(=O)N2C(=O)C(c3ccc(CNCCO)cc3OC)(N3CCC[C@H]3c3ncco3)c3cc(C#N)ccc32)cc1. The van der Waals surface area contributed by atoms with Crippen LogP contribution in [0.25, 0.3) is 0 Å². The fraction of sp³-hybridized carbons (Fsp3) is 0.303. The number of aromatic nitrogens is 1. The van der Waals surface area contributed by atoms with Crippen molar-refractivity contribution in [2.75, 3.05) is 38.2 Å². The molecule has 1 fully saturated rings. The number of hydrogen-bond donors (Lipinski definition) is 2. The van der Waals surface area contributed by atoms with Gasteiger partial charge in [-0.05, 0) is 66.9 Å². The maximum Gasteiger partial charge on any atom is 0.271 e. The van der Waals surface area contributed by atoms with E-state index in [-0.39, 0.29) is 22.8 Å². The summed E-state index contributed by atoms with van der Waals surface area (Å²) in [6.45, 7) is 1.18. The lowest BCUT2D eigenvalue weighted by atomic mass is 9.80. The highest BCUT2D eigenvalue weighted by molar-refractivity contribution is 7.93. The molecule has 46 heavy (non-hydrogen) atoms. The van der Waals surface area contributed by atoms with E-state index in [1.54, 1.807) is 18.2 Å². The van der Waals surface area contributed by atoms with Crippen LogP contribution in [0.15, 0.2) is 82.4 Å². The number of ether oxygens (including phenoxy) is 2. The minimum Gasteiger partial charge on any atom is -0.497 e. The van der Waals surface area contributed by atoms with Gasteiger partial charge in [0.2, 0.25) is 5.89 Å². The van der Waals surface area contributed by atoms with E-state index in [2.05, 4.69) is 16.4 Å². The Labute approximate surface area is 266 Å². The van der Waals surface area contributed by atoms with E-state index in [4.69, 9.17) is 13.9 Å². The number of amides is 1. The van der Waals surface area contributed by atoms with Gasteiger partial charge >= 0.3 is 0 Å². The zero-order chi connectivity index (χ0) is 32.5. The monoisotopic (exact) mass is 643 g/mol. The van der Waals surface area contributed by atoms with Crippen molar-refractivity contribution in [3.8, 4) is 17.6 Å². The van der Waals surface area contributed by atoms with Crippen LogP contribution in [0.5, 0.6) is 11.5 Å². The van der Waals surface area contributed by atoms with Crippen LogP contribution in [0, 0.1) is 11.3 Å². The van der Waals surface area contributed by atoms with Crippen molar-refractivity contribution in [3.05, 3.63) is 101 Å². The van der Waals surface area contributed by atoms with Crippen LogP contribution in [-0.4, -0.2) is 63.2 Å². The van der Waals surface area contributed by atoms with Gasteiger partial charge in [-0.25, -0.2) is 17.7 Å². The molecule has 3 aromatic carbocycles. The molecule has 3 heterocycles. The molecule has 1 unspecified atom stereocenters.